The summed E-state index contributed by atoms with van der Waals surface area (Å²) in [4.78, 5) is 40.1. The lowest BCUT2D eigenvalue weighted by Gasteiger charge is -2.35. The fraction of sp³-hybridized carbons (Fsp3) is 0.143. The van der Waals surface area contributed by atoms with Gasteiger partial charge in [-0.05, 0) is 23.3 Å². The van der Waals surface area contributed by atoms with Crippen molar-refractivity contribution in [2.45, 2.75) is 25.9 Å². The fourth-order valence-corrected chi connectivity index (χ4v) is 4.42. The van der Waals surface area contributed by atoms with Crippen molar-refractivity contribution in [1.29, 1.82) is 0 Å². The SMILES string of the molecule is CC(=O)N1Cc2ccccc2C[C@H]1C(=O)NNC(=O)c1cn(-c2ccccc2)nc1-c1ccccc1. The van der Waals surface area contributed by atoms with Crippen molar-refractivity contribution >= 4 is 17.7 Å². The minimum atomic E-state index is -0.724. The molecular formula is C28H25N5O3. The highest BCUT2D eigenvalue weighted by molar-refractivity contribution is 6.01. The lowest BCUT2D eigenvalue weighted by atomic mass is 9.93. The lowest BCUT2D eigenvalue weighted by Crippen LogP contribution is -2.55. The molecule has 36 heavy (non-hydrogen) atoms. The molecular weight excluding hydrogens is 454 g/mol. The molecule has 4 aromatic rings. The monoisotopic (exact) mass is 479 g/mol. The molecule has 0 fully saturated rings. The molecule has 0 unspecified atom stereocenters. The zero-order valence-electron chi connectivity index (χ0n) is 19.7. The van der Waals surface area contributed by atoms with Crippen LogP contribution in [0.5, 0.6) is 0 Å². The number of hydrogen-bond donors (Lipinski definition) is 2. The predicted octanol–water partition coefficient (Wildman–Crippen LogP) is 3.27. The smallest absolute Gasteiger partial charge is 0.273 e. The van der Waals surface area contributed by atoms with E-state index in [1.54, 1.807) is 10.9 Å². The normalized spacial score (nSPS) is 14.6. The highest BCUT2D eigenvalue weighted by Gasteiger charge is 2.33. The van der Waals surface area contributed by atoms with Gasteiger partial charge < -0.3 is 4.90 Å². The Kier molecular flexibility index (Phi) is 6.32. The van der Waals surface area contributed by atoms with Crippen molar-refractivity contribution in [3.63, 3.8) is 0 Å². The molecule has 3 aromatic carbocycles. The second-order valence-electron chi connectivity index (χ2n) is 8.62. The number of rotatable bonds is 4. The van der Waals surface area contributed by atoms with Crippen LogP contribution in [0.15, 0.2) is 91.1 Å². The molecule has 0 radical (unpaired) electrons. The van der Waals surface area contributed by atoms with Crippen LogP contribution in [-0.2, 0) is 22.6 Å². The summed E-state index contributed by atoms with van der Waals surface area (Å²) < 4.78 is 1.63. The topological polar surface area (TPSA) is 96.3 Å². The number of hydrazine groups is 1. The number of carbonyl (C=O) groups is 3. The van der Waals surface area contributed by atoms with E-state index in [-0.39, 0.29) is 5.91 Å². The van der Waals surface area contributed by atoms with Crippen LogP contribution >= 0.6 is 0 Å². The quantitative estimate of drug-likeness (QED) is 0.439. The maximum Gasteiger partial charge on any atom is 0.273 e. The number of nitrogens with one attached hydrogen (secondary N) is 2. The third kappa shape index (κ3) is 4.61. The van der Waals surface area contributed by atoms with E-state index < -0.39 is 17.9 Å². The summed E-state index contributed by atoms with van der Waals surface area (Å²) in [5.41, 5.74) is 9.45. The van der Waals surface area contributed by atoms with Gasteiger partial charge in [0.15, 0.2) is 0 Å². The summed E-state index contributed by atoms with van der Waals surface area (Å²) in [5.74, 6) is -1.16. The minimum absolute atomic E-state index is 0.202. The van der Waals surface area contributed by atoms with Gasteiger partial charge in [0.2, 0.25) is 5.91 Å². The third-order valence-corrected chi connectivity index (χ3v) is 6.28. The van der Waals surface area contributed by atoms with Crippen molar-refractivity contribution < 1.29 is 14.4 Å². The van der Waals surface area contributed by atoms with E-state index in [4.69, 9.17) is 0 Å². The zero-order valence-corrected chi connectivity index (χ0v) is 19.7. The van der Waals surface area contributed by atoms with Crippen molar-refractivity contribution in [3.8, 4) is 16.9 Å². The van der Waals surface area contributed by atoms with Crippen molar-refractivity contribution in [3.05, 3.63) is 108 Å². The molecule has 1 atom stereocenters. The van der Waals surface area contributed by atoms with Crippen LogP contribution in [0.2, 0.25) is 0 Å². The largest absolute Gasteiger partial charge is 0.326 e. The summed E-state index contributed by atoms with van der Waals surface area (Å²) in [6, 6.07) is 25.9. The van der Waals surface area contributed by atoms with Crippen LogP contribution in [-0.4, -0.2) is 38.4 Å². The maximum atomic E-state index is 13.2. The first-order valence-electron chi connectivity index (χ1n) is 11.7. The summed E-state index contributed by atoms with van der Waals surface area (Å²) in [7, 11) is 0. The number of benzene rings is 3. The molecule has 8 nitrogen and oxygen atoms in total. The zero-order chi connectivity index (χ0) is 25.1. The Morgan fingerprint density at radius 3 is 2.17 bits per heavy atom. The van der Waals surface area contributed by atoms with Crippen LogP contribution in [0.1, 0.15) is 28.4 Å². The number of amides is 3. The second-order valence-corrected chi connectivity index (χ2v) is 8.62. The summed E-state index contributed by atoms with van der Waals surface area (Å²) in [6.45, 7) is 1.79. The number of fused-ring (bicyclic) bond motifs is 1. The molecule has 0 saturated heterocycles. The van der Waals surface area contributed by atoms with Gasteiger partial charge in [-0.1, -0.05) is 72.8 Å². The lowest BCUT2D eigenvalue weighted by molar-refractivity contribution is -0.140. The molecule has 2 heterocycles. The van der Waals surface area contributed by atoms with Gasteiger partial charge in [-0.15, -0.1) is 0 Å². The first-order chi connectivity index (χ1) is 17.5. The van der Waals surface area contributed by atoms with E-state index in [0.29, 0.717) is 24.2 Å². The third-order valence-electron chi connectivity index (χ3n) is 6.28. The molecule has 1 aromatic heterocycles. The molecule has 8 heteroatoms. The van der Waals surface area contributed by atoms with Crippen LogP contribution in [0, 0.1) is 0 Å². The highest BCUT2D eigenvalue weighted by atomic mass is 16.2. The van der Waals surface area contributed by atoms with E-state index in [9.17, 15) is 14.4 Å². The van der Waals surface area contributed by atoms with Gasteiger partial charge >= 0.3 is 0 Å². The first-order valence-corrected chi connectivity index (χ1v) is 11.7. The molecule has 0 spiro atoms. The number of hydrogen-bond acceptors (Lipinski definition) is 4. The Morgan fingerprint density at radius 2 is 1.47 bits per heavy atom. The average molecular weight is 480 g/mol. The molecule has 1 aliphatic heterocycles. The van der Waals surface area contributed by atoms with Gasteiger partial charge in [-0.2, -0.15) is 5.10 Å². The highest BCUT2D eigenvalue weighted by Crippen LogP contribution is 2.25. The van der Waals surface area contributed by atoms with Crippen LogP contribution < -0.4 is 10.9 Å². The predicted molar refractivity (Wildman–Crippen MR) is 135 cm³/mol. The Labute approximate surface area is 208 Å². The Bertz CT molecular complexity index is 1420. The molecule has 1 aliphatic rings. The first kappa shape index (κ1) is 23.0. The maximum absolute atomic E-state index is 13.2. The van der Waals surface area contributed by atoms with Gasteiger partial charge in [0.05, 0.1) is 11.3 Å². The van der Waals surface area contributed by atoms with E-state index in [2.05, 4.69) is 16.0 Å². The number of aromatic nitrogens is 2. The van der Waals surface area contributed by atoms with Gasteiger partial charge in [0.1, 0.15) is 11.7 Å². The molecule has 5 rings (SSSR count). The van der Waals surface area contributed by atoms with Crippen molar-refractivity contribution in [2.24, 2.45) is 0 Å². The van der Waals surface area contributed by atoms with E-state index in [1.807, 2.05) is 84.9 Å². The summed E-state index contributed by atoms with van der Waals surface area (Å²) in [6.07, 6.45) is 2.01. The van der Waals surface area contributed by atoms with Crippen LogP contribution in [0.25, 0.3) is 16.9 Å². The molecule has 0 bridgehead atoms. The Hall–Kier alpha value is -4.72. The Morgan fingerprint density at radius 1 is 0.833 bits per heavy atom. The summed E-state index contributed by atoms with van der Waals surface area (Å²) >= 11 is 0. The Balaban J connectivity index is 1.37. The van der Waals surface area contributed by atoms with Crippen molar-refractivity contribution in [1.82, 2.24) is 25.5 Å². The van der Waals surface area contributed by atoms with Gasteiger partial charge in [0, 0.05) is 31.6 Å². The van der Waals surface area contributed by atoms with E-state index in [1.165, 1.54) is 11.8 Å². The van der Waals surface area contributed by atoms with Crippen LogP contribution in [0.3, 0.4) is 0 Å². The number of para-hydroxylation sites is 1. The van der Waals surface area contributed by atoms with Crippen LogP contribution in [0.4, 0.5) is 0 Å². The molecule has 180 valence electrons. The van der Waals surface area contributed by atoms with Gasteiger partial charge in [-0.25, -0.2) is 4.68 Å². The number of carbonyl (C=O) groups excluding carboxylic acids is 3. The van der Waals surface area contributed by atoms with Gasteiger partial charge in [-0.3, -0.25) is 25.2 Å². The average Bonchev–Trinajstić information content (AvgIpc) is 3.37. The summed E-state index contributed by atoms with van der Waals surface area (Å²) in [5, 5.41) is 4.64. The molecule has 2 N–H and O–H groups in total. The fourth-order valence-electron chi connectivity index (χ4n) is 4.42. The van der Waals surface area contributed by atoms with E-state index >= 15 is 0 Å². The molecule has 3 amide bonds. The molecule has 0 saturated carbocycles. The molecule has 0 aliphatic carbocycles. The standard InChI is InChI=1S/C28H25N5O3/c1-19(34)32-17-22-13-9-8-12-21(22)16-25(32)28(36)30-29-27(35)24-18-33(23-14-6-3-7-15-23)31-26(24)20-10-4-2-5-11-20/h2-15,18,25H,16-17H2,1H3,(H,29,35)(H,30,36)/t25-/m0/s1. The minimum Gasteiger partial charge on any atom is -0.326 e. The van der Waals surface area contributed by atoms with E-state index in [0.717, 1.165) is 22.4 Å². The van der Waals surface area contributed by atoms with Crippen molar-refractivity contribution in [2.75, 3.05) is 0 Å². The number of nitrogens with zero attached hydrogens (tertiary/aromatic N) is 3. The second kappa shape index (κ2) is 9.87. The van der Waals surface area contributed by atoms with Gasteiger partial charge in [0.25, 0.3) is 11.8 Å².